The van der Waals surface area contributed by atoms with E-state index >= 15 is 0 Å². The molecule has 1 aromatic heterocycles. The number of phenolic OH excluding ortho intramolecular Hbond substituents is 5. The molecule has 20 heteroatoms. The first kappa shape index (κ1) is 37.9. The van der Waals surface area contributed by atoms with Crippen LogP contribution >= 0.6 is 0 Å². The molecule has 0 aliphatic carbocycles. The highest BCUT2D eigenvalue weighted by Crippen LogP contribution is 2.45. The number of aromatic hydroxyl groups is 5. The predicted molar refractivity (Wildman–Crippen MR) is 167 cm³/mol. The Morgan fingerprint density at radius 2 is 1.37 bits per heavy atom. The van der Waals surface area contributed by atoms with Crippen LogP contribution < -0.4 is 4.74 Å². The first-order valence-corrected chi connectivity index (χ1v) is 15.9. The Hall–Kier alpha value is -3.87. The molecule has 0 saturated carbocycles. The number of aliphatic hydroxyl groups is 8. The zero-order valence-corrected chi connectivity index (χ0v) is 27.1. The standard InChI is InChI=1S/C32H38O20/c1-9-20(38)24(42)27(45)30(48-9)47-8-19-23(41)25(43)29(52-31-26(44)22(40)16(37)7-46-31)32(51-19)50-18-6-12-13(34)4-11(33)5-17(12)49-28(18)10-2-14(35)21(39)15(36)3-10/h2-6,9,16,19-20,22-27,29-32,37-38,40-45H,7-8H2,1H3,(H4-,33,34,35,36,39)/p+1/t9?,16-,19?,20+,22?,23-,24+,25?,26-,27?,29?,30-,31+,32-/m1/s1. The van der Waals surface area contributed by atoms with Gasteiger partial charge in [-0.2, -0.15) is 0 Å². The number of hydrogen-bond acceptors (Lipinski definition) is 19. The van der Waals surface area contributed by atoms with Gasteiger partial charge < -0.3 is 94.8 Å². The van der Waals surface area contributed by atoms with Gasteiger partial charge in [-0.05, 0) is 6.92 Å². The molecule has 13 N–H and O–H groups in total. The molecular weight excluding hydrogens is 704 g/mol. The molecule has 3 aromatic rings. The summed E-state index contributed by atoms with van der Waals surface area (Å²) in [6.07, 6.45) is -23.2. The molecule has 3 aliphatic heterocycles. The van der Waals surface area contributed by atoms with E-state index in [1.807, 2.05) is 0 Å². The summed E-state index contributed by atoms with van der Waals surface area (Å²) in [6, 6.07) is 5.23. The number of aliphatic hydroxyl groups excluding tert-OH is 8. The normalized spacial score (nSPS) is 36.9. The molecule has 3 saturated heterocycles. The Morgan fingerprint density at radius 3 is 2.06 bits per heavy atom. The Labute approximate surface area is 292 Å². The quantitative estimate of drug-likeness (QED) is 0.0831. The Bertz CT molecular complexity index is 1720. The van der Waals surface area contributed by atoms with Gasteiger partial charge in [-0.3, -0.25) is 0 Å². The lowest BCUT2D eigenvalue weighted by Gasteiger charge is -2.45. The van der Waals surface area contributed by atoms with Gasteiger partial charge in [-0.1, -0.05) is 0 Å². The number of rotatable bonds is 8. The maximum absolute atomic E-state index is 11.4. The van der Waals surface area contributed by atoms with Gasteiger partial charge in [-0.15, -0.1) is 0 Å². The molecule has 0 spiro atoms. The molecule has 3 aliphatic rings. The first-order valence-electron chi connectivity index (χ1n) is 15.9. The summed E-state index contributed by atoms with van der Waals surface area (Å²) in [4.78, 5) is 0. The van der Waals surface area contributed by atoms with Crippen molar-refractivity contribution >= 4 is 11.0 Å². The van der Waals surface area contributed by atoms with Crippen LogP contribution in [-0.4, -0.2) is 166 Å². The van der Waals surface area contributed by atoms with Crippen molar-refractivity contribution in [3.8, 4) is 45.8 Å². The fourth-order valence-corrected chi connectivity index (χ4v) is 6.01. The zero-order chi connectivity index (χ0) is 37.8. The fourth-order valence-electron chi connectivity index (χ4n) is 6.01. The van der Waals surface area contributed by atoms with Crippen LogP contribution in [0.2, 0.25) is 0 Å². The van der Waals surface area contributed by atoms with Crippen molar-refractivity contribution < 1.29 is 99.2 Å². The van der Waals surface area contributed by atoms with Crippen molar-refractivity contribution in [1.29, 1.82) is 0 Å². The van der Waals surface area contributed by atoms with Gasteiger partial charge in [0, 0.05) is 24.3 Å². The average Bonchev–Trinajstić information content (AvgIpc) is 3.10. The lowest BCUT2D eigenvalue weighted by molar-refractivity contribution is -0.352. The van der Waals surface area contributed by atoms with Crippen LogP contribution in [0.5, 0.6) is 34.5 Å². The van der Waals surface area contributed by atoms with Crippen molar-refractivity contribution in [1.82, 2.24) is 0 Å². The summed E-state index contributed by atoms with van der Waals surface area (Å²) in [7, 11) is 0. The lowest BCUT2D eigenvalue weighted by Crippen LogP contribution is -2.64. The third-order valence-electron chi connectivity index (χ3n) is 9.01. The van der Waals surface area contributed by atoms with Gasteiger partial charge in [0.15, 0.2) is 35.9 Å². The largest absolute Gasteiger partial charge is 0.507 e. The summed E-state index contributed by atoms with van der Waals surface area (Å²) >= 11 is 0. The molecular formula is C32H39O20+. The Balaban J connectivity index is 1.37. The second-order valence-corrected chi connectivity index (χ2v) is 12.7. The Kier molecular flexibility index (Phi) is 10.8. The highest BCUT2D eigenvalue weighted by atomic mass is 16.8. The van der Waals surface area contributed by atoms with E-state index in [-0.39, 0.29) is 28.0 Å². The van der Waals surface area contributed by atoms with Crippen LogP contribution in [0.25, 0.3) is 22.3 Å². The predicted octanol–water partition coefficient (Wildman–Crippen LogP) is -2.60. The maximum Gasteiger partial charge on any atom is 0.402 e. The first-order chi connectivity index (χ1) is 24.5. The van der Waals surface area contributed by atoms with Gasteiger partial charge in [0.1, 0.15) is 71.8 Å². The third-order valence-corrected chi connectivity index (χ3v) is 9.01. The van der Waals surface area contributed by atoms with E-state index in [9.17, 15) is 66.4 Å². The number of hydrogen-bond donors (Lipinski definition) is 13. The molecule has 0 amide bonds. The minimum Gasteiger partial charge on any atom is -0.507 e. The van der Waals surface area contributed by atoms with Gasteiger partial charge in [0.2, 0.25) is 12.0 Å². The molecule has 3 fully saturated rings. The molecule has 286 valence electrons. The SMILES string of the molecule is CC1O[C@@H](OCC2O[C@@H](Oc3cc4c(O)cc(O)cc4[o+]c3-c3cc(O)c(O)c(O)c3)C(O[C@@H]3OC[C@@H](O)C(O)[C@H]3O)C(O)[C@@H]2O)C(O)[C@@H](O)[C@H]1O. The van der Waals surface area contributed by atoms with E-state index in [1.165, 1.54) is 13.0 Å². The number of ether oxygens (including phenoxy) is 6. The topological polar surface area (TPSA) is 330 Å². The van der Waals surface area contributed by atoms with E-state index in [0.29, 0.717) is 0 Å². The fraction of sp³-hybridized carbons (Fsp3) is 0.531. The van der Waals surface area contributed by atoms with Gasteiger partial charge in [-0.25, -0.2) is 4.42 Å². The maximum atomic E-state index is 11.4. The van der Waals surface area contributed by atoms with Crippen molar-refractivity contribution in [3.63, 3.8) is 0 Å². The minimum absolute atomic E-state index is 0.0565. The van der Waals surface area contributed by atoms with Crippen LogP contribution in [0.3, 0.4) is 0 Å². The third kappa shape index (κ3) is 7.21. The van der Waals surface area contributed by atoms with E-state index in [2.05, 4.69) is 0 Å². The van der Waals surface area contributed by atoms with E-state index < -0.39 is 128 Å². The van der Waals surface area contributed by atoms with E-state index in [0.717, 1.165) is 24.3 Å². The molecule has 2 aromatic carbocycles. The molecule has 20 nitrogen and oxygen atoms in total. The van der Waals surface area contributed by atoms with Crippen LogP contribution in [0, 0.1) is 0 Å². The van der Waals surface area contributed by atoms with Crippen molar-refractivity contribution in [2.75, 3.05) is 13.2 Å². The summed E-state index contributed by atoms with van der Waals surface area (Å²) in [6.45, 7) is 0.256. The summed E-state index contributed by atoms with van der Waals surface area (Å²) < 4.78 is 40.1. The smallest absolute Gasteiger partial charge is 0.402 e. The van der Waals surface area contributed by atoms with Gasteiger partial charge in [0.05, 0.1) is 30.9 Å². The van der Waals surface area contributed by atoms with Crippen LogP contribution in [0.15, 0.2) is 34.7 Å². The Morgan fingerprint density at radius 1 is 0.692 bits per heavy atom. The molecule has 52 heavy (non-hydrogen) atoms. The number of phenols is 5. The molecule has 14 atom stereocenters. The average molecular weight is 744 g/mol. The highest BCUT2D eigenvalue weighted by Gasteiger charge is 2.51. The summed E-state index contributed by atoms with van der Waals surface area (Å²) in [5.74, 6) is -4.04. The second-order valence-electron chi connectivity index (χ2n) is 12.7. The molecule has 6 rings (SSSR count). The molecule has 4 heterocycles. The zero-order valence-electron chi connectivity index (χ0n) is 27.1. The second kappa shape index (κ2) is 14.9. The highest BCUT2D eigenvalue weighted by molar-refractivity contribution is 5.88. The molecule has 0 bridgehead atoms. The van der Waals surface area contributed by atoms with Crippen molar-refractivity contribution in [3.05, 3.63) is 30.3 Å². The van der Waals surface area contributed by atoms with Crippen LogP contribution in [0.4, 0.5) is 0 Å². The van der Waals surface area contributed by atoms with E-state index in [4.69, 9.17) is 32.8 Å². The van der Waals surface area contributed by atoms with Crippen molar-refractivity contribution in [2.24, 2.45) is 0 Å². The molecule has 6 unspecified atom stereocenters. The van der Waals surface area contributed by atoms with Crippen LogP contribution in [-0.2, 0) is 23.7 Å². The van der Waals surface area contributed by atoms with E-state index in [1.54, 1.807) is 0 Å². The summed E-state index contributed by atoms with van der Waals surface area (Å²) in [5, 5.41) is 135. The van der Waals surface area contributed by atoms with Crippen molar-refractivity contribution in [2.45, 2.75) is 92.9 Å². The number of benzene rings is 2. The number of fused-ring (bicyclic) bond motifs is 1. The lowest BCUT2D eigenvalue weighted by atomic mass is 9.98. The van der Waals surface area contributed by atoms with Gasteiger partial charge >= 0.3 is 11.3 Å². The molecule has 0 radical (unpaired) electrons. The monoisotopic (exact) mass is 743 g/mol. The summed E-state index contributed by atoms with van der Waals surface area (Å²) in [5.41, 5.74) is -0.271. The van der Waals surface area contributed by atoms with Gasteiger partial charge in [0.25, 0.3) is 0 Å². The minimum atomic E-state index is -1.97. The van der Waals surface area contributed by atoms with Crippen LogP contribution in [0.1, 0.15) is 6.92 Å².